The van der Waals surface area contributed by atoms with Crippen molar-refractivity contribution < 1.29 is 20.1 Å². The molecule has 0 saturated carbocycles. The third-order valence-corrected chi connectivity index (χ3v) is 3.63. The molecule has 6 heteroatoms. The van der Waals surface area contributed by atoms with Gasteiger partial charge >= 0.3 is 0 Å². The van der Waals surface area contributed by atoms with Gasteiger partial charge in [-0.3, -0.25) is 4.57 Å². The van der Waals surface area contributed by atoms with Crippen LogP contribution in [0, 0.1) is 6.57 Å². The van der Waals surface area contributed by atoms with Crippen molar-refractivity contribution in [3.8, 4) is 5.95 Å². The molecule has 22 heavy (non-hydrogen) atoms. The van der Waals surface area contributed by atoms with Crippen LogP contribution in [0.5, 0.6) is 0 Å². The molecule has 1 radical (unpaired) electrons. The van der Waals surface area contributed by atoms with Crippen molar-refractivity contribution in [1.82, 2.24) is 19.1 Å². The average Bonchev–Trinajstić information content (AvgIpc) is 3.07. The summed E-state index contributed by atoms with van der Waals surface area (Å²) in [4.78, 5) is 12.4. The minimum absolute atomic E-state index is 0. The van der Waals surface area contributed by atoms with Crippen molar-refractivity contribution in [1.29, 1.82) is 0 Å². The summed E-state index contributed by atoms with van der Waals surface area (Å²) in [7, 11) is 1.95. The molecule has 0 spiro atoms. The Labute approximate surface area is 140 Å². The molecule has 3 heterocycles. The van der Waals surface area contributed by atoms with Gasteiger partial charge in [0.25, 0.3) is 0 Å². The number of benzene rings is 1. The van der Waals surface area contributed by atoms with Crippen LogP contribution in [-0.4, -0.2) is 19.1 Å². The van der Waals surface area contributed by atoms with Gasteiger partial charge in [-0.15, -0.1) is 0 Å². The summed E-state index contributed by atoms with van der Waals surface area (Å²) >= 11 is 0. The molecular formula is C16H11IrN5. The van der Waals surface area contributed by atoms with Crippen LogP contribution in [0.25, 0.3) is 32.7 Å². The largest absolute Gasteiger partial charge is 0.320 e. The second kappa shape index (κ2) is 5.37. The number of rotatable bonds is 1. The monoisotopic (exact) mass is 466 g/mol. The molecular weight excluding hydrogens is 454 g/mol. The second-order valence-corrected chi connectivity index (χ2v) is 4.86. The van der Waals surface area contributed by atoms with Gasteiger partial charge in [0.15, 0.2) is 5.69 Å². The first kappa shape index (κ1) is 14.5. The zero-order valence-corrected chi connectivity index (χ0v) is 14.1. The molecule has 0 aliphatic carbocycles. The predicted octanol–water partition coefficient (Wildman–Crippen LogP) is 3.46. The van der Waals surface area contributed by atoms with Gasteiger partial charge in [0.1, 0.15) is 5.65 Å². The van der Waals surface area contributed by atoms with E-state index in [1.54, 1.807) is 12.4 Å². The van der Waals surface area contributed by atoms with E-state index >= 15 is 0 Å². The topological polar surface area (TPSA) is 40.0 Å². The van der Waals surface area contributed by atoms with Gasteiger partial charge < -0.3 is 4.57 Å². The van der Waals surface area contributed by atoms with E-state index in [1.165, 1.54) is 0 Å². The van der Waals surface area contributed by atoms with Crippen molar-refractivity contribution >= 4 is 27.6 Å². The molecule has 4 rings (SSSR count). The van der Waals surface area contributed by atoms with Crippen LogP contribution in [0.15, 0.2) is 48.9 Å². The molecule has 0 N–H and O–H groups in total. The van der Waals surface area contributed by atoms with E-state index < -0.39 is 0 Å². The predicted molar refractivity (Wildman–Crippen MR) is 81.6 cm³/mol. The third kappa shape index (κ3) is 1.95. The van der Waals surface area contributed by atoms with E-state index in [2.05, 4.69) is 14.8 Å². The first-order valence-corrected chi connectivity index (χ1v) is 6.54. The zero-order valence-electron chi connectivity index (χ0n) is 11.7. The number of hydrogen-bond acceptors (Lipinski definition) is 2. The molecule has 0 unspecified atom stereocenters. The van der Waals surface area contributed by atoms with Crippen molar-refractivity contribution in [2.24, 2.45) is 7.05 Å². The van der Waals surface area contributed by atoms with E-state index in [1.807, 2.05) is 52.7 Å². The Kier molecular flexibility index (Phi) is 3.53. The van der Waals surface area contributed by atoms with Crippen molar-refractivity contribution in [3.63, 3.8) is 0 Å². The minimum Gasteiger partial charge on any atom is -0.320 e. The Morgan fingerprint density at radius 3 is 2.68 bits per heavy atom. The number of aromatic nitrogens is 4. The van der Waals surface area contributed by atoms with Gasteiger partial charge in [-0.05, 0) is 29.7 Å². The van der Waals surface area contributed by atoms with Gasteiger partial charge in [-0.2, -0.15) is 0 Å². The molecule has 0 fully saturated rings. The fourth-order valence-corrected chi connectivity index (χ4v) is 2.68. The number of hydrogen-bond donors (Lipinski definition) is 0. The summed E-state index contributed by atoms with van der Waals surface area (Å²) in [6, 6.07) is 9.63. The second-order valence-electron chi connectivity index (χ2n) is 4.86. The number of nitrogens with zero attached hydrogens (tertiary/aromatic N) is 5. The third-order valence-electron chi connectivity index (χ3n) is 3.63. The molecule has 0 atom stereocenters. The molecule has 0 saturated heterocycles. The van der Waals surface area contributed by atoms with E-state index in [4.69, 9.17) is 6.57 Å². The van der Waals surface area contributed by atoms with Gasteiger partial charge in [0.05, 0.1) is 12.1 Å². The standard InChI is InChI=1S/C16H11N5.Ir/c1-17-11-5-6-14-13(10-11)12-4-3-7-18-15(12)21(14)16-19-8-9-20(16)2;/h3-10H,2H3;. The number of fused-ring (bicyclic) bond motifs is 3. The average molecular weight is 466 g/mol. The SMILES string of the molecule is [C-]#[N+]c1ccc2c(c1)c1cccnc1n2-c1nccn1C.[Ir]. The molecule has 5 nitrogen and oxygen atoms in total. The van der Waals surface area contributed by atoms with Crippen LogP contribution in [0.2, 0.25) is 0 Å². The van der Waals surface area contributed by atoms with E-state index in [0.717, 1.165) is 27.9 Å². The van der Waals surface area contributed by atoms with Crippen LogP contribution in [0.3, 0.4) is 0 Å². The fraction of sp³-hybridized carbons (Fsp3) is 0.0625. The van der Waals surface area contributed by atoms with Crippen LogP contribution >= 0.6 is 0 Å². The summed E-state index contributed by atoms with van der Waals surface area (Å²) in [5, 5.41) is 2.05. The van der Waals surface area contributed by atoms with Gasteiger partial charge in [0.2, 0.25) is 5.95 Å². The Bertz CT molecular complexity index is 1020. The van der Waals surface area contributed by atoms with Crippen molar-refractivity contribution in [2.45, 2.75) is 0 Å². The number of imidazole rings is 1. The van der Waals surface area contributed by atoms with Crippen molar-refractivity contribution in [3.05, 3.63) is 60.3 Å². The molecule has 109 valence electrons. The van der Waals surface area contributed by atoms with Crippen LogP contribution in [0.4, 0.5) is 5.69 Å². The van der Waals surface area contributed by atoms with Gasteiger partial charge in [-0.25, -0.2) is 14.8 Å². The van der Waals surface area contributed by atoms with Crippen molar-refractivity contribution in [2.75, 3.05) is 0 Å². The molecule has 4 aromatic rings. The summed E-state index contributed by atoms with van der Waals surface area (Å²) in [5.41, 5.74) is 2.49. The van der Waals surface area contributed by atoms with E-state index in [9.17, 15) is 0 Å². The summed E-state index contributed by atoms with van der Waals surface area (Å²) in [6.07, 6.45) is 5.45. The van der Waals surface area contributed by atoms with Crippen LogP contribution in [0.1, 0.15) is 0 Å². The molecule has 0 amide bonds. The first-order chi connectivity index (χ1) is 10.3. The van der Waals surface area contributed by atoms with E-state index in [-0.39, 0.29) is 20.1 Å². The van der Waals surface area contributed by atoms with Crippen LogP contribution < -0.4 is 0 Å². The molecule has 0 aliphatic heterocycles. The maximum atomic E-state index is 7.19. The summed E-state index contributed by atoms with van der Waals surface area (Å²) in [6.45, 7) is 7.19. The summed E-state index contributed by atoms with van der Waals surface area (Å²) < 4.78 is 3.98. The molecule has 1 aromatic carbocycles. The van der Waals surface area contributed by atoms with Crippen LogP contribution in [-0.2, 0) is 27.2 Å². The molecule has 0 bridgehead atoms. The Morgan fingerprint density at radius 1 is 1.09 bits per heavy atom. The van der Waals surface area contributed by atoms with Gasteiger partial charge in [-0.1, -0.05) is 6.07 Å². The zero-order chi connectivity index (χ0) is 14.4. The minimum atomic E-state index is 0. The Balaban J connectivity index is 0.00000144. The Hall–Kier alpha value is -2.48. The molecule has 3 aromatic heterocycles. The number of aryl methyl sites for hydroxylation is 1. The summed E-state index contributed by atoms with van der Waals surface area (Å²) in [5.74, 6) is 0.810. The molecule has 0 aliphatic rings. The Morgan fingerprint density at radius 2 is 1.95 bits per heavy atom. The maximum Gasteiger partial charge on any atom is 0.215 e. The first-order valence-electron chi connectivity index (χ1n) is 6.54. The quantitative estimate of drug-likeness (QED) is 0.404. The maximum absolute atomic E-state index is 7.19. The smallest absolute Gasteiger partial charge is 0.215 e. The normalized spacial score (nSPS) is 10.5. The van der Waals surface area contributed by atoms with Gasteiger partial charge in [0, 0.05) is 51.1 Å². The fourth-order valence-electron chi connectivity index (χ4n) is 2.68. The number of pyridine rings is 1. The van der Waals surface area contributed by atoms with E-state index in [0.29, 0.717) is 5.69 Å².